The fourth-order valence-corrected chi connectivity index (χ4v) is 1.93. The molecule has 0 saturated heterocycles. The maximum atomic E-state index is 12.2. The predicted octanol–water partition coefficient (Wildman–Crippen LogP) is 1.41. The minimum absolute atomic E-state index is 0.233. The van der Waals surface area contributed by atoms with Gasteiger partial charge in [0.05, 0.1) is 6.54 Å². The molecule has 108 valence electrons. The number of hydrogen-bond donors (Lipinski definition) is 1. The normalized spacial score (nSPS) is 11.6. The van der Waals surface area contributed by atoms with E-state index in [0.717, 1.165) is 26.1 Å². The summed E-state index contributed by atoms with van der Waals surface area (Å²) in [7, 11) is 1.98. The van der Waals surface area contributed by atoms with Crippen molar-refractivity contribution in [1.29, 1.82) is 0 Å². The average molecular weight is 257 g/mol. The molecule has 1 amide bonds. The summed E-state index contributed by atoms with van der Waals surface area (Å²) >= 11 is 0. The third-order valence-electron chi connectivity index (χ3n) is 2.67. The van der Waals surface area contributed by atoms with E-state index in [0.29, 0.717) is 24.9 Å². The molecule has 4 heteroatoms. The molecule has 0 radical (unpaired) electrons. The Morgan fingerprint density at radius 3 is 2.00 bits per heavy atom. The number of likely N-dealkylation sites (N-methyl/N-ethyl adjacent to an activating group) is 1. The van der Waals surface area contributed by atoms with Crippen molar-refractivity contribution in [2.24, 2.45) is 17.6 Å². The molecule has 0 aromatic heterocycles. The highest BCUT2D eigenvalue weighted by Crippen LogP contribution is 2.05. The van der Waals surface area contributed by atoms with Crippen LogP contribution in [0, 0.1) is 11.8 Å². The monoisotopic (exact) mass is 257 g/mol. The molecule has 0 heterocycles. The molecule has 0 unspecified atom stereocenters. The first kappa shape index (κ1) is 17.4. The maximum absolute atomic E-state index is 12.2. The molecule has 0 atom stereocenters. The van der Waals surface area contributed by atoms with Gasteiger partial charge in [0.2, 0.25) is 5.91 Å². The fraction of sp³-hybridized carbons (Fsp3) is 0.929. The maximum Gasteiger partial charge on any atom is 0.236 e. The van der Waals surface area contributed by atoms with E-state index in [-0.39, 0.29) is 5.91 Å². The van der Waals surface area contributed by atoms with Gasteiger partial charge in [0.15, 0.2) is 0 Å². The highest BCUT2D eigenvalue weighted by atomic mass is 16.2. The highest BCUT2D eigenvalue weighted by Gasteiger charge is 2.17. The molecule has 0 bridgehead atoms. The molecule has 0 aliphatic heterocycles. The summed E-state index contributed by atoms with van der Waals surface area (Å²) in [6.07, 6.45) is 0.943. The Labute approximate surface area is 113 Å². The van der Waals surface area contributed by atoms with Crippen molar-refractivity contribution in [1.82, 2.24) is 9.80 Å². The van der Waals surface area contributed by atoms with E-state index in [2.05, 4.69) is 32.6 Å². The Hall–Kier alpha value is -0.610. The molecular weight excluding hydrogens is 226 g/mol. The first-order valence-electron chi connectivity index (χ1n) is 7.03. The van der Waals surface area contributed by atoms with E-state index < -0.39 is 0 Å². The highest BCUT2D eigenvalue weighted by molar-refractivity contribution is 5.78. The van der Waals surface area contributed by atoms with Gasteiger partial charge in [0, 0.05) is 13.1 Å². The summed E-state index contributed by atoms with van der Waals surface area (Å²) in [5, 5.41) is 0. The zero-order valence-corrected chi connectivity index (χ0v) is 12.8. The van der Waals surface area contributed by atoms with E-state index >= 15 is 0 Å². The van der Waals surface area contributed by atoms with Crippen molar-refractivity contribution >= 4 is 5.91 Å². The van der Waals surface area contributed by atoms with Gasteiger partial charge in [-0.1, -0.05) is 27.7 Å². The van der Waals surface area contributed by atoms with Gasteiger partial charge >= 0.3 is 0 Å². The van der Waals surface area contributed by atoms with E-state index in [1.807, 2.05) is 11.9 Å². The van der Waals surface area contributed by atoms with Crippen molar-refractivity contribution < 1.29 is 4.79 Å². The van der Waals surface area contributed by atoms with Crippen molar-refractivity contribution in [3.05, 3.63) is 0 Å². The van der Waals surface area contributed by atoms with Crippen LogP contribution in [0.25, 0.3) is 0 Å². The number of nitrogens with two attached hydrogens (primary N) is 1. The lowest BCUT2D eigenvalue weighted by Crippen LogP contribution is -2.42. The Morgan fingerprint density at radius 2 is 1.61 bits per heavy atom. The second-order valence-electron chi connectivity index (χ2n) is 5.97. The largest absolute Gasteiger partial charge is 0.341 e. The molecule has 0 saturated carbocycles. The number of hydrogen-bond acceptors (Lipinski definition) is 3. The van der Waals surface area contributed by atoms with Gasteiger partial charge in [0.25, 0.3) is 0 Å². The topological polar surface area (TPSA) is 49.6 Å². The molecule has 0 aromatic carbocycles. The van der Waals surface area contributed by atoms with Crippen LogP contribution in [-0.2, 0) is 4.79 Å². The molecular formula is C14H31N3O. The molecule has 4 nitrogen and oxygen atoms in total. The molecule has 0 fully saturated rings. The van der Waals surface area contributed by atoms with Crippen LogP contribution in [0.15, 0.2) is 0 Å². The molecule has 0 aliphatic rings. The fourth-order valence-electron chi connectivity index (χ4n) is 1.93. The lowest BCUT2D eigenvalue weighted by atomic mass is 10.1. The van der Waals surface area contributed by atoms with Crippen molar-refractivity contribution in [3.8, 4) is 0 Å². The Morgan fingerprint density at radius 1 is 1.11 bits per heavy atom. The Balaban J connectivity index is 4.27. The minimum Gasteiger partial charge on any atom is -0.341 e. The predicted molar refractivity (Wildman–Crippen MR) is 77.4 cm³/mol. The summed E-state index contributed by atoms with van der Waals surface area (Å²) in [6, 6.07) is 0. The van der Waals surface area contributed by atoms with Crippen LogP contribution in [0.3, 0.4) is 0 Å². The van der Waals surface area contributed by atoms with Gasteiger partial charge in [0.1, 0.15) is 0 Å². The van der Waals surface area contributed by atoms with Crippen LogP contribution in [0.1, 0.15) is 34.1 Å². The van der Waals surface area contributed by atoms with Crippen LogP contribution in [-0.4, -0.2) is 55.5 Å². The van der Waals surface area contributed by atoms with Crippen molar-refractivity contribution in [2.45, 2.75) is 34.1 Å². The van der Waals surface area contributed by atoms with E-state index in [9.17, 15) is 4.79 Å². The second kappa shape index (κ2) is 9.34. The molecule has 2 N–H and O–H groups in total. The summed E-state index contributed by atoms with van der Waals surface area (Å²) in [4.78, 5) is 16.3. The van der Waals surface area contributed by atoms with Gasteiger partial charge in [-0.3, -0.25) is 9.69 Å². The van der Waals surface area contributed by atoms with Crippen molar-refractivity contribution in [2.75, 3.05) is 39.8 Å². The summed E-state index contributed by atoms with van der Waals surface area (Å²) in [5.74, 6) is 1.26. The van der Waals surface area contributed by atoms with Gasteiger partial charge in [-0.15, -0.1) is 0 Å². The number of nitrogens with zero attached hydrogens (tertiary/aromatic N) is 2. The zero-order valence-electron chi connectivity index (χ0n) is 12.8. The number of carbonyl (C=O) groups is 1. The third-order valence-corrected chi connectivity index (χ3v) is 2.67. The minimum atomic E-state index is 0.233. The first-order chi connectivity index (χ1) is 8.36. The molecule has 0 aromatic rings. The quantitative estimate of drug-likeness (QED) is 0.679. The van der Waals surface area contributed by atoms with Crippen LogP contribution >= 0.6 is 0 Å². The lowest BCUT2D eigenvalue weighted by Gasteiger charge is -2.28. The van der Waals surface area contributed by atoms with Gasteiger partial charge in [-0.25, -0.2) is 0 Å². The van der Waals surface area contributed by atoms with Crippen LogP contribution < -0.4 is 5.73 Å². The van der Waals surface area contributed by atoms with E-state index in [4.69, 9.17) is 5.73 Å². The smallest absolute Gasteiger partial charge is 0.236 e. The summed E-state index contributed by atoms with van der Waals surface area (Å²) in [5.41, 5.74) is 5.48. The van der Waals surface area contributed by atoms with Crippen LogP contribution in [0.4, 0.5) is 0 Å². The first-order valence-corrected chi connectivity index (χ1v) is 7.03. The van der Waals surface area contributed by atoms with Crippen LogP contribution in [0.5, 0.6) is 0 Å². The lowest BCUT2D eigenvalue weighted by molar-refractivity contribution is -0.133. The standard InChI is InChI=1S/C14H31N3O/c1-12(2)9-17(10-13(3)4)14(18)11-16(5)8-6-7-15/h12-13H,6-11,15H2,1-5H3. The van der Waals surface area contributed by atoms with Crippen molar-refractivity contribution in [3.63, 3.8) is 0 Å². The molecule has 18 heavy (non-hydrogen) atoms. The number of rotatable bonds is 9. The molecule has 0 spiro atoms. The number of carbonyl (C=O) groups excluding carboxylic acids is 1. The van der Waals surface area contributed by atoms with E-state index in [1.165, 1.54) is 0 Å². The number of amides is 1. The average Bonchev–Trinajstić information content (AvgIpc) is 2.24. The second-order valence-corrected chi connectivity index (χ2v) is 5.97. The summed E-state index contributed by atoms with van der Waals surface area (Å²) < 4.78 is 0. The van der Waals surface area contributed by atoms with E-state index in [1.54, 1.807) is 0 Å². The Kier molecular flexibility index (Phi) is 9.02. The zero-order chi connectivity index (χ0) is 14.1. The van der Waals surface area contributed by atoms with Gasteiger partial charge in [-0.2, -0.15) is 0 Å². The van der Waals surface area contributed by atoms with Gasteiger partial charge in [-0.05, 0) is 38.4 Å². The third kappa shape index (κ3) is 8.48. The van der Waals surface area contributed by atoms with Crippen LogP contribution in [0.2, 0.25) is 0 Å². The molecule has 0 rings (SSSR count). The summed E-state index contributed by atoms with van der Waals surface area (Å²) in [6.45, 7) is 12.4. The SMILES string of the molecule is CC(C)CN(CC(C)C)C(=O)CN(C)CCCN. The molecule has 0 aliphatic carbocycles. The van der Waals surface area contributed by atoms with Gasteiger partial charge < -0.3 is 10.6 Å². The Bertz CT molecular complexity index is 219.